The van der Waals surface area contributed by atoms with Gasteiger partial charge >= 0.3 is 0 Å². The third-order valence-electron chi connectivity index (χ3n) is 3.56. The zero-order chi connectivity index (χ0) is 12.4. The molecular weight excluding hydrogens is 222 g/mol. The van der Waals surface area contributed by atoms with Crippen molar-refractivity contribution in [2.24, 2.45) is 0 Å². The summed E-state index contributed by atoms with van der Waals surface area (Å²) in [5.74, 6) is 0.422. The summed E-state index contributed by atoms with van der Waals surface area (Å²) in [4.78, 5) is 8.90. The van der Waals surface area contributed by atoms with Crippen LogP contribution in [0.5, 0.6) is 0 Å². The molecule has 2 aromatic heterocycles. The lowest BCUT2D eigenvalue weighted by Gasteiger charge is -2.11. The van der Waals surface area contributed by atoms with Gasteiger partial charge in [0.1, 0.15) is 0 Å². The Morgan fingerprint density at radius 2 is 2.33 bits per heavy atom. The Hall–Kier alpha value is -1.74. The van der Waals surface area contributed by atoms with Gasteiger partial charge in [-0.2, -0.15) is 0 Å². The van der Waals surface area contributed by atoms with Crippen LogP contribution in [0.15, 0.2) is 36.8 Å². The smallest absolute Gasteiger partial charge is 0.0510 e. The fourth-order valence-electron chi connectivity index (χ4n) is 2.74. The first-order valence-electron chi connectivity index (χ1n) is 6.40. The Kier molecular flexibility index (Phi) is 3.07. The maximum atomic E-state index is 4.55. The number of hydrogen-bond donors (Lipinski definition) is 1. The lowest BCUT2D eigenvalue weighted by atomic mass is 9.97. The van der Waals surface area contributed by atoms with Gasteiger partial charge in [-0.3, -0.25) is 9.97 Å². The van der Waals surface area contributed by atoms with Crippen molar-refractivity contribution in [3.63, 3.8) is 0 Å². The molecule has 18 heavy (non-hydrogen) atoms. The highest BCUT2D eigenvalue weighted by Crippen LogP contribution is 2.36. The summed E-state index contributed by atoms with van der Waals surface area (Å²) in [6.45, 7) is 0.864. The Bertz CT molecular complexity index is 551. The van der Waals surface area contributed by atoms with Crippen molar-refractivity contribution >= 4 is 0 Å². The van der Waals surface area contributed by atoms with Gasteiger partial charge in [-0.1, -0.05) is 12.1 Å². The molecule has 3 rings (SSSR count). The number of fused-ring (bicyclic) bond motifs is 1. The normalized spacial score (nSPS) is 17.7. The Morgan fingerprint density at radius 1 is 1.39 bits per heavy atom. The average molecular weight is 239 g/mol. The summed E-state index contributed by atoms with van der Waals surface area (Å²) in [6, 6.07) is 6.46. The first kappa shape index (κ1) is 11.4. The third-order valence-corrected chi connectivity index (χ3v) is 3.56. The fraction of sp³-hybridized carbons (Fsp3) is 0.333. The van der Waals surface area contributed by atoms with Gasteiger partial charge in [-0.25, -0.2) is 0 Å². The van der Waals surface area contributed by atoms with Crippen LogP contribution >= 0.6 is 0 Å². The van der Waals surface area contributed by atoms with E-state index in [1.165, 1.54) is 22.4 Å². The topological polar surface area (TPSA) is 37.8 Å². The first-order valence-corrected chi connectivity index (χ1v) is 6.40. The quantitative estimate of drug-likeness (QED) is 0.893. The highest BCUT2D eigenvalue weighted by Gasteiger charge is 2.25. The molecule has 1 aliphatic rings. The molecule has 3 nitrogen and oxygen atoms in total. The number of aromatic nitrogens is 2. The number of pyridine rings is 2. The molecule has 0 bridgehead atoms. The molecule has 0 aromatic carbocycles. The summed E-state index contributed by atoms with van der Waals surface area (Å²) in [5.41, 5.74) is 5.15. The minimum absolute atomic E-state index is 0.422. The molecule has 0 aliphatic heterocycles. The van der Waals surface area contributed by atoms with E-state index < -0.39 is 0 Å². The van der Waals surface area contributed by atoms with Crippen molar-refractivity contribution in [3.05, 3.63) is 59.2 Å². The van der Waals surface area contributed by atoms with E-state index in [9.17, 15) is 0 Å². The maximum absolute atomic E-state index is 4.55. The first-order chi connectivity index (χ1) is 8.88. The number of nitrogens with zero attached hydrogens (tertiary/aromatic N) is 2. The number of hydrogen-bond acceptors (Lipinski definition) is 3. The molecule has 1 aliphatic carbocycles. The van der Waals surface area contributed by atoms with Crippen molar-refractivity contribution in [2.75, 3.05) is 7.05 Å². The minimum atomic E-state index is 0.422. The van der Waals surface area contributed by atoms with Crippen molar-refractivity contribution in [3.8, 4) is 0 Å². The van der Waals surface area contributed by atoms with E-state index in [4.69, 9.17) is 0 Å². The summed E-state index contributed by atoms with van der Waals surface area (Å²) in [7, 11) is 1.96. The zero-order valence-corrected chi connectivity index (χ0v) is 10.6. The molecule has 2 aromatic rings. The van der Waals surface area contributed by atoms with E-state index in [0.717, 1.165) is 19.4 Å². The van der Waals surface area contributed by atoms with Gasteiger partial charge in [0, 0.05) is 31.1 Å². The van der Waals surface area contributed by atoms with Gasteiger partial charge < -0.3 is 5.32 Å². The van der Waals surface area contributed by atoms with Crippen LogP contribution < -0.4 is 5.32 Å². The van der Waals surface area contributed by atoms with Gasteiger partial charge in [-0.05, 0) is 42.6 Å². The van der Waals surface area contributed by atoms with Crippen molar-refractivity contribution in [1.29, 1.82) is 0 Å². The van der Waals surface area contributed by atoms with Crippen LogP contribution in [0, 0.1) is 0 Å². The van der Waals surface area contributed by atoms with E-state index in [0.29, 0.717) is 5.92 Å². The molecule has 0 fully saturated rings. The van der Waals surface area contributed by atoms with Crippen LogP contribution in [0.2, 0.25) is 0 Å². The van der Waals surface area contributed by atoms with E-state index >= 15 is 0 Å². The second-order valence-electron chi connectivity index (χ2n) is 4.80. The van der Waals surface area contributed by atoms with Gasteiger partial charge in [0.05, 0.1) is 5.69 Å². The van der Waals surface area contributed by atoms with Crippen LogP contribution in [0.1, 0.15) is 34.7 Å². The predicted molar refractivity (Wildman–Crippen MR) is 71.4 cm³/mol. The van der Waals surface area contributed by atoms with Crippen molar-refractivity contribution in [1.82, 2.24) is 15.3 Å². The van der Waals surface area contributed by atoms with E-state index in [-0.39, 0.29) is 0 Å². The molecule has 0 saturated heterocycles. The second-order valence-corrected chi connectivity index (χ2v) is 4.80. The Balaban J connectivity index is 1.94. The average Bonchev–Trinajstić information content (AvgIpc) is 2.83. The highest BCUT2D eigenvalue weighted by molar-refractivity contribution is 5.37. The lowest BCUT2D eigenvalue weighted by molar-refractivity contribution is 0.757. The molecule has 0 spiro atoms. The number of aryl methyl sites for hydroxylation is 1. The summed E-state index contributed by atoms with van der Waals surface area (Å²) < 4.78 is 0. The van der Waals surface area contributed by atoms with Gasteiger partial charge in [0.15, 0.2) is 0 Å². The number of nitrogens with one attached hydrogen (secondary N) is 1. The summed E-state index contributed by atoms with van der Waals surface area (Å²) in [5, 5.41) is 3.17. The molecule has 1 N–H and O–H groups in total. The molecule has 92 valence electrons. The van der Waals surface area contributed by atoms with E-state index in [2.05, 4.69) is 27.4 Å². The molecule has 0 amide bonds. The summed E-state index contributed by atoms with van der Waals surface area (Å²) in [6.07, 6.45) is 8.07. The Labute approximate surface area is 107 Å². The predicted octanol–water partition coefficient (Wildman–Crippen LogP) is 2.27. The molecule has 3 heteroatoms. The molecule has 1 unspecified atom stereocenters. The summed E-state index contributed by atoms with van der Waals surface area (Å²) >= 11 is 0. The van der Waals surface area contributed by atoms with Crippen LogP contribution in [-0.2, 0) is 13.0 Å². The van der Waals surface area contributed by atoms with Crippen molar-refractivity contribution in [2.45, 2.75) is 25.3 Å². The van der Waals surface area contributed by atoms with E-state index in [1.54, 1.807) is 0 Å². The second kappa shape index (κ2) is 4.86. The SMILES string of the molecule is CNCc1cncc(C2CCc3cccnc32)c1. The standard InChI is InChI=1S/C15H17N3/c1-16-8-11-7-13(10-17-9-11)14-5-4-12-3-2-6-18-15(12)14/h2-3,6-7,9-10,14,16H,4-5,8H2,1H3. The zero-order valence-electron chi connectivity index (χ0n) is 10.6. The van der Waals surface area contributed by atoms with Crippen LogP contribution in [-0.4, -0.2) is 17.0 Å². The van der Waals surface area contributed by atoms with E-state index in [1.807, 2.05) is 31.7 Å². The monoisotopic (exact) mass is 239 g/mol. The molecule has 1 atom stereocenters. The van der Waals surface area contributed by atoms with Crippen LogP contribution in [0.25, 0.3) is 0 Å². The number of rotatable bonds is 3. The maximum Gasteiger partial charge on any atom is 0.0510 e. The third kappa shape index (κ3) is 2.02. The molecular formula is C15H17N3. The molecule has 0 saturated carbocycles. The fourth-order valence-corrected chi connectivity index (χ4v) is 2.74. The highest BCUT2D eigenvalue weighted by atomic mass is 14.8. The van der Waals surface area contributed by atoms with Crippen LogP contribution in [0.4, 0.5) is 0 Å². The molecule has 0 radical (unpaired) electrons. The van der Waals surface area contributed by atoms with Crippen LogP contribution in [0.3, 0.4) is 0 Å². The largest absolute Gasteiger partial charge is 0.316 e. The molecule has 2 heterocycles. The minimum Gasteiger partial charge on any atom is -0.316 e. The Morgan fingerprint density at radius 3 is 3.22 bits per heavy atom. The van der Waals surface area contributed by atoms with Crippen molar-refractivity contribution < 1.29 is 0 Å². The van der Waals surface area contributed by atoms with Gasteiger partial charge in [0.25, 0.3) is 0 Å². The van der Waals surface area contributed by atoms with Gasteiger partial charge in [0.2, 0.25) is 0 Å². The van der Waals surface area contributed by atoms with Gasteiger partial charge in [-0.15, -0.1) is 0 Å². The lowest BCUT2D eigenvalue weighted by Crippen LogP contribution is -2.07.